The van der Waals surface area contributed by atoms with Crippen molar-refractivity contribution in [3.8, 4) is 11.5 Å². The van der Waals surface area contributed by atoms with Gasteiger partial charge >= 0.3 is 0 Å². The Hall–Kier alpha value is -2.19. The van der Waals surface area contributed by atoms with E-state index in [1.807, 2.05) is 49.4 Å². The highest BCUT2D eigenvalue weighted by Gasteiger charge is 2.03. The second kappa shape index (κ2) is 5.66. The zero-order chi connectivity index (χ0) is 14.8. The van der Waals surface area contributed by atoms with Crippen LogP contribution in [0.1, 0.15) is 11.1 Å². The summed E-state index contributed by atoms with van der Waals surface area (Å²) in [7, 11) is 0. The number of ether oxygens (including phenoxy) is 1. The first-order valence-electron chi connectivity index (χ1n) is 6.72. The van der Waals surface area contributed by atoms with Gasteiger partial charge in [0.25, 0.3) is 0 Å². The maximum absolute atomic E-state index is 9.53. The minimum atomic E-state index is 0.251. The molecule has 0 atom stereocenters. The number of aromatic hydroxyl groups is 1. The number of benzene rings is 3. The van der Waals surface area contributed by atoms with Gasteiger partial charge in [-0.1, -0.05) is 35.9 Å². The van der Waals surface area contributed by atoms with Crippen LogP contribution in [0.3, 0.4) is 0 Å². The zero-order valence-corrected chi connectivity index (χ0v) is 12.4. The topological polar surface area (TPSA) is 29.5 Å². The van der Waals surface area contributed by atoms with E-state index in [-0.39, 0.29) is 5.75 Å². The predicted molar refractivity (Wildman–Crippen MR) is 86.1 cm³/mol. The zero-order valence-electron chi connectivity index (χ0n) is 11.6. The molecule has 3 rings (SSSR count). The summed E-state index contributed by atoms with van der Waals surface area (Å²) in [5.41, 5.74) is 2.09. The molecule has 0 saturated heterocycles. The molecule has 3 aromatic rings. The Morgan fingerprint density at radius 2 is 1.76 bits per heavy atom. The number of fused-ring (bicyclic) bond motifs is 1. The first-order valence-corrected chi connectivity index (χ1v) is 7.10. The van der Waals surface area contributed by atoms with E-state index in [1.54, 1.807) is 12.1 Å². The lowest BCUT2D eigenvalue weighted by molar-refractivity contribution is 0.306. The summed E-state index contributed by atoms with van der Waals surface area (Å²) in [5, 5.41) is 12.3. The maximum atomic E-state index is 9.53. The molecule has 3 heteroatoms. The summed E-state index contributed by atoms with van der Waals surface area (Å²) < 4.78 is 5.79. The summed E-state index contributed by atoms with van der Waals surface area (Å²) in [6.45, 7) is 2.43. The number of halogens is 1. The van der Waals surface area contributed by atoms with E-state index < -0.39 is 0 Å². The molecule has 3 aromatic carbocycles. The standard InChI is InChI=1S/C18H15ClO2/c1-12-2-3-14(18(19)8-12)11-21-17-7-5-13-4-6-16(20)9-15(13)10-17/h2-10,20H,11H2,1H3. The Labute approximate surface area is 128 Å². The summed E-state index contributed by atoms with van der Waals surface area (Å²) >= 11 is 6.20. The van der Waals surface area contributed by atoms with Crippen molar-refractivity contribution in [2.24, 2.45) is 0 Å². The molecule has 0 amide bonds. The van der Waals surface area contributed by atoms with Gasteiger partial charge in [-0.15, -0.1) is 0 Å². The number of hydrogen-bond donors (Lipinski definition) is 1. The number of rotatable bonds is 3. The first kappa shape index (κ1) is 13.8. The number of aryl methyl sites for hydroxylation is 1. The highest BCUT2D eigenvalue weighted by Crippen LogP contribution is 2.26. The van der Waals surface area contributed by atoms with Gasteiger partial charge < -0.3 is 9.84 Å². The van der Waals surface area contributed by atoms with Crippen LogP contribution in [0.25, 0.3) is 10.8 Å². The third-order valence-corrected chi connectivity index (χ3v) is 3.75. The number of hydrogen-bond acceptors (Lipinski definition) is 2. The minimum absolute atomic E-state index is 0.251. The molecule has 0 saturated carbocycles. The predicted octanol–water partition coefficient (Wildman–Crippen LogP) is 5.09. The Kier molecular flexibility index (Phi) is 3.72. The molecule has 0 aliphatic rings. The third kappa shape index (κ3) is 3.11. The van der Waals surface area contributed by atoms with Crippen LogP contribution in [-0.2, 0) is 6.61 Å². The van der Waals surface area contributed by atoms with Crippen molar-refractivity contribution >= 4 is 22.4 Å². The molecule has 0 unspecified atom stereocenters. The molecular weight excluding hydrogens is 284 g/mol. The lowest BCUT2D eigenvalue weighted by Gasteiger charge is -2.09. The average Bonchev–Trinajstić information content (AvgIpc) is 2.46. The molecule has 106 valence electrons. The molecule has 1 N–H and O–H groups in total. The van der Waals surface area contributed by atoms with Crippen LogP contribution in [0.15, 0.2) is 54.6 Å². The van der Waals surface area contributed by atoms with Gasteiger partial charge in [-0.25, -0.2) is 0 Å². The lowest BCUT2D eigenvalue weighted by Crippen LogP contribution is -1.96. The van der Waals surface area contributed by atoms with Crippen molar-refractivity contribution in [1.29, 1.82) is 0 Å². The van der Waals surface area contributed by atoms with Gasteiger partial charge in [0.05, 0.1) is 0 Å². The monoisotopic (exact) mass is 298 g/mol. The van der Waals surface area contributed by atoms with Crippen LogP contribution in [0.4, 0.5) is 0 Å². The molecule has 0 radical (unpaired) electrons. The van der Waals surface area contributed by atoms with Crippen molar-refractivity contribution in [2.45, 2.75) is 13.5 Å². The summed E-state index contributed by atoms with van der Waals surface area (Å²) in [4.78, 5) is 0. The van der Waals surface area contributed by atoms with E-state index in [0.29, 0.717) is 11.6 Å². The minimum Gasteiger partial charge on any atom is -0.508 e. The van der Waals surface area contributed by atoms with Crippen molar-refractivity contribution < 1.29 is 9.84 Å². The lowest BCUT2D eigenvalue weighted by atomic mass is 10.1. The van der Waals surface area contributed by atoms with Crippen molar-refractivity contribution in [3.05, 3.63) is 70.7 Å². The van der Waals surface area contributed by atoms with Crippen molar-refractivity contribution in [1.82, 2.24) is 0 Å². The Morgan fingerprint density at radius 3 is 2.57 bits per heavy atom. The smallest absolute Gasteiger partial charge is 0.120 e. The van der Waals surface area contributed by atoms with Gasteiger partial charge in [0.1, 0.15) is 18.1 Å². The third-order valence-electron chi connectivity index (χ3n) is 3.40. The van der Waals surface area contributed by atoms with Crippen LogP contribution in [0.5, 0.6) is 11.5 Å². The van der Waals surface area contributed by atoms with Crippen LogP contribution < -0.4 is 4.74 Å². The van der Waals surface area contributed by atoms with Gasteiger partial charge in [0.15, 0.2) is 0 Å². The molecular formula is C18H15ClO2. The van der Waals surface area contributed by atoms with Crippen LogP contribution >= 0.6 is 11.6 Å². The van der Waals surface area contributed by atoms with Crippen LogP contribution in [0.2, 0.25) is 5.02 Å². The number of phenolic OH excluding ortho intramolecular Hbond substituents is 1. The van der Waals surface area contributed by atoms with Gasteiger partial charge in [-0.05, 0) is 53.6 Å². The van der Waals surface area contributed by atoms with Gasteiger partial charge in [-0.2, -0.15) is 0 Å². The molecule has 0 fully saturated rings. The van der Waals surface area contributed by atoms with Crippen LogP contribution in [0, 0.1) is 6.92 Å². The highest BCUT2D eigenvalue weighted by molar-refractivity contribution is 6.31. The fourth-order valence-electron chi connectivity index (χ4n) is 2.23. The molecule has 0 aliphatic heterocycles. The fourth-order valence-corrected chi connectivity index (χ4v) is 2.52. The van der Waals surface area contributed by atoms with Crippen molar-refractivity contribution in [3.63, 3.8) is 0 Å². The van der Waals surface area contributed by atoms with E-state index in [9.17, 15) is 5.11 Å². The van der Waals surface area contributed by atoms with E-state index in [0.717, 1.165) is 27.6 Å². The van der Waals surface area contributed by atoms with Gasteiger partial charge in [-0.3, -0.25) is 0 Å². The van der Waals surface area contributed by atoms with Gasteiger partial charge in [0, 0.05) is 10.6 Å². The molecule has 0 bridgehead atoms. The highest BCUT2D eigenvalue weighted by atomic mass is 35.5. The van der Waals surface area contributed by atoms with E-state index in [2.05, 4.69) is 0 Å². The van der Waals surface area contributed by atoms with E-state index in [4.69, 9.17) is 16.3 Å². The summed E-state index contributed by atoms with van der Waals surface area (Å²) in [6, 6.07) is 17.0. The Bertz CT molecular complexity index is 796. The molecule has 0 aliphatic carbocycles. The molecule has 0 aromatic heterocycles. The molecule has 0 heterocycles. The van der Waals surface area contributed by atoms with E-state index >= 15 is 0 Å². The molecule has 0 spiro atoms. The quantitative estimate of drug-likeness (QED) is 0.730. The first-order chi connectivity index (χ1) is 10.1. The summed E-state index contributed by atoms with van der Waals surface area (Å²) in [6.07, 6.45) is 0. The second-order valence-corrected chi connectivity index (χ2v) is 5.48. The number of phenols is 1. The van der Waals surface area contributed by atoms with E-state index in [1.165, 1.54) is 0 Å². The maximum Gasteiger partial charge on any atom is 0.120 e. The Balaban J connectivity index is 1.81. The average molecular weight is 299 g/mol. The SMILES string of the molecule is Cc1ccc(COc2ccc3ccc(O)cc3c2)c(Cl)c1. The fraction of sp³-hybridized carbons (Fsp3) is 0.111. The largest absolute Gasteiger partial charge is 0.508 e. The summed E-state index contributed by atoms with van der Waals surface area (Å²) in [5.74, 6) is 1.01. The second-order valence-electron chi connectivity index (χ2n) is 5.08. The normalized spacial score (nSPS) is 10.8. The van der Waals surface area contributed by atoms with Crippen LogP contribution in [-0.4, -0.2) is 5.11 Å². The molecule has 21 heavy (non-hydrogen) atoms. The Morgan fingerprint density at radius 1 is 0.952 bits per heavy atom. The van der Waals surface area contributed by atoms with Gasteiger partial charge in [0.2, 0.25) is 0 Å². The van der Waals surface area contributed by atoms with Crippen molar-refractivity contribution in [2.75, 3.05) is 0 Å². The molecule has 2 nitrogen and oxygen atoms in total.